The molecule has 1 atom stereocenters. The fourth-order valence-electron chi connectivity index (χ4n) is 1.55. The largest absolute Gasteiger partial charge is 0.366 e. The number of hydrogen-bond donors (Lipinski definition) is 1. The van der Waals surface area contributed by atoms with Gasteiger partial charge >= 0.3 is 0 Å². The fourth-order valence-corrected chi connectivity index (χ4v) is 1.55. The third-order valence-corrected chi connectivity index (χ3v) is 1.97. The highest BCUT2D eigenvalue weighted by molar-refractivity contribution is 5.32. The molecule has 0 aliphatic heterocycles. The Morgan fingerprint density at radius 1 is 1.29 bits per heavy atom. The molecule has 0 aliphatic carbocycles. The molecule has 14 heavy (non-hydrogen) atoms. The fraction of sp³-hybridized carbons (Fsp3) is 0.636. The number of aryl methyl sites for hydroxylation is 1. The highest BCUT2D eigenvalue weighted by atomic mass is 15.0. The van der Waals surface area contributed by atoms with Gasteiger partial charge in [0.05, 0.1) is 11.9 Å². The van der Waals surface area contributed by atoms with Crippen molar-refractivity contribution in [3.05, 3.63) is 18.1 Å². The summed E-state index contributed by atoms with van der Waals surface area (Å²) in [7, 11) is 0. The van der Waals surface area contributed by atoms with Crippen LogP contribution in [0.15, 0.2) is 12.4 Å². The summed E-state index contributed by atoms with van der Waals surface area (Å²) in [4.78, 5) is 8.44. The quantitative estimate of drug-likeness (QED) is 0.798. The van der Waals surface area contributed by atoms with E-state index in [-0.39, 0.29) is 0 Å². The molecule has 0 amide bonds. The molecule has 1 aromatic rings. The molecule has 1 rings (SSSR count). The zero-order chi connectivity index (χ0) is 10.6. The van der Waals surface area contributed by atoms with Crippen LogP contribution in [-0.2, 0) is 0 Å². The van der Waals surface area contributed by atoms with Crippen LogP contribution in [0.3, 0.4) is 0 Å². The maximum absolute atomic E-state index is 4.35. The third-order valence-electron chi connectivity index (χ3n) is 1.97. The van der Waals surface area contributed by atoms with Crippen LogP contribution in [0, 0.1) is 12.8 Å². The normalized spacial score (nSPS) is 12.9. The third kappa shape index (κ3) is 3.73. The summed E-state index contributed by atoms with van der Waals surface area (Å²) in [5.41, 5.74) is 0.951. The molecule has 0 saturated heterocycles. The first kappa shape index (κ1) is 11.0. The Kier molecular flexibility index (Phi) is 3.86. The van der Waals surface area contributed by atoms with E-state index in [1.54, 1.807) is 12.4 Å². The minimum atomic E-state index is 0.450. The highest BCUT2D eigenvalue weighted by Crippen LogP contribution is 2.09. The van der Waals surface area contributed by atoms with Crippen LogP contribution in [0.1, 0.15) is 32.9 Å². The van der Waals surface area contributed by atoms with Crippen LogP contribution in [0.25, 0.3) is 0 Å². The lowest BCUT2D eigenvalue weighted by Crippen LogP contribution is -2.18. The Balaban J connectivity index is 2.51. The van der Waals surface area contributed by atoms with Gasteiger partial charge in [-0.15, -0.1) is 0 Å². The molecule has 3 heteroatoms. The van der Waals surface area contributed by atoms with Crippen LogP contribution in [-0.4, -0.2) is 16.0 Å². The Morgan fingerprint density at radius 2 is 2.00 bits per heavy atom. The Hall–Kier alpha value is -1.12. The maximum atomic E-state index is 4.35. The molecule has 1 heterocycles. The number of rotatable bonds is 4. The predicted octanol–water partition coefficient (Wildman–Crippen LogP) is 2.63. The van der Waals surface area contributed by atoms with Crippen molar-refractivity contribution in [3.8, 4) is 0 Å². The highest BCUT2D eigenvalue weighted by Gasteiger charge is 2.05. The molecule has 1 aromatic heterocycles. The Labute approximate surface area is 86.0 Å². The summed E-state index contributed by atoms with van der Waals surface area (Å²) in [6.07, 6.45) is 4.68. The standard InChI is InChI=1S/C11H19N3/c1-8(2)5-9(3)13-11-7-12-6-10(4)14-11/h6-9H,5H2,1-4H3,(H,13,14). The zero-order valence-electron chi connectivity index (χ0n) is 9.41. The van der Waals surface area contributed by atoms with E-state index in [4.69, 9.17) is 0 Å². The molecule has 0 saturated carbocycles. The van der Waals surface area contributed by atoms with E-state index in [9.17, 15) is 0 Å². The van der Waals surface area contributed by atoms with Crippen LogP contribution in [0.5, 0.6) is 0 Å². The Morgan fingerprint density at radius 3 is 2.57 bits per heavy atom. The summed E-state index contributed by atoms with van der Waals surface area (Å²) >= 11 is 0. The topological polar surface area (TPSA) is 37.8 Å². The van der Waals surface area contributed by atoms with Gasteiger partial charge in [-0.3, -0.25) is 4.98 Å². The van der Waals surface area contributed by atoms with Crippen molar-refractivity contribution in [1.82, 2.24) is 9.97 Å². The van der Waals surface area contributed by atoms with Crippen molar-refractivity contribution in [2.75, 3.05) is 5.32 Å². The van der Waals surface area contributed by atoms with Gasteiger partial charge in [-0.05, 0) is 26.2 Å². The monoisotopic (exact) mass is 193 g/mol. The minimum Gasteiger partial charge on any atom is -0.366 e. The first-order valence-corrected chi connectivity index (χ1v) is 5.13. The van der Waals surface area contributed by atoms with Gasteiger partial charge in [0.15, 0.2) is 0 Å². The maximum Gasteiger partial charge on any atom is 0.144 e. The molecule has 0 spiro atoms. The van der Waals surface area contributed by atoms with Crippen molar-refractivity contribution >= 4 is 5.82 Å². The average molecular weight is 193 g/mol. The van der Waals surface area contributed by atoms with Gasteiger partial charge in [-0.1, -0.05) is 13.8 Å². The van der Waals surface area contributed by atoms with Gasteiger partial charge in [0.1, 0.15) is 5.82 Å². The van der Waals surface area contributed by atoms with E-state index in [2.05, 4.69) is 36.1 Å². The van der Waals surface area contributed by atoms with E-state index in [0.717, 1.165) is 17.9 Å². The number of hydrogen-bond acceptors (Lipinski definition) is 3. The predicted molar refractivity (Wildman–Crippen MR) is 59.3 cm³/mol. The van der Waals surface area contributed by atoms with Crippen molar-refractivity contribution in [2.45, 2.75) is 40.2 Å². The van der Waals surface area contributed by atoms with E-state index >= 15 is 0 Å². The number of anilines is 1. The van der Waals surface area contributed by atoms with E-state index in [1.807, 2.05) is 6.92 Å². The molecule has 0 radical (unpaired) electrons. The van der Waals surface area contributed by atoms with Crippen molar-refractivity contribution in [2.24, 2.45) is 5.92 Å². The molecule has 0 aliphatic rings. The SMILES string of the molecule is Cc1cncc(NC(C)CC(C)C)n1. The molecule has 0 aromatic carbocycles. The van der Waals surface area contributed by atoms with Crippen molar-refractivity contribution < 1.29 is 0 Å². The van der Waals surface area contributed by atoms with Crippen LogP contribution < -0.4 is 5.32 Å². The van der Waals surface area contributed by atoms with Crippen LogP contribution in [0.4, 0.5) is 5.82 Å². The molecule has 1 N–H and O–H groups in total. The first-order valence-electron chi connectivity index (χ1n) is 5.13. The molecular weight excluding hydrogens is 174 g/mol. The van der Waals surface area contributed by atoms with E-state index in [0.29, 0.717) is 12.0 Å². The second kappa shape index (κ2) is 4.94. The van der Waals surface area contributed by atoms with Gasteiger partial charge in [-0.2, -0.15) is 0 Å². The number of nitrogens with zero attached hydrogens (tertiary/aromatic N) is 2. The van der Waals surface area contributed by atoms with Crippen LogP contribution in [0.2, 0.25) is 0 Å². The van der Waals surface area contributed by atoms with Gasteiger partial charge in [0.25, 0.3) is 0 Å². The molecular formula is C11H19N3. The number of aromatic nitrogens is 2. The molecule has 3 nitrogen and oxygen atoms in total. The molecule has 1 unspecified atom stereocenters. The zero-order valence-corrected chi connectivity index (χ0v) is 9.41. The average Bonchev–Trinajstić information content (AvgIpc) is 2.01. The summed E-state index contributed by atoms with van der Waals surface area (Å²) in [5.74, 6) is 1.58. The lowest BCUT2D eigenvalue weighted by Gasteiger charge is -2.16. The van der Waals surface area contributed by atoms with Gasteiger partial charge < -0.3 is 5.32 Å². The smallest absolute Gasteiger partial charge is 0.144 e. The second-order valence-electron chi connectivity index (χ2n) is 4.22. The van der Waals surface area contributed by atoms with Gasteiger partial charge in [0, 0.05) is 12.2 Å². The van der Waals surface area contributed by atoms with Crippen molar-refractivity contribution in [3.63, 3.8) is 0 Å². The summed E-state index contributed by atoms with van der Waals surface area (Å²) in [5, 5.41) is 3.34. The van der Waals surface area contributed by atoms with Crippen molar-refractivity contribution in [1.29, 1.82) is 0 Å². The molecule has 0 fully saturated rings. The van der Waals surface area contributed by atoms with Crippen LogP contribution >= 0.6 is 0 Å². The lowest BCUT2D eigenvalue weighted by atomic mass is 10.1. The van der Waals surface area contributed by atoms with E-state index in [1.165, 1.54) is 0 Å². The molecule has 78 valence electrons. The minimum absolute atomic E-state index is 0.450. The van der Waals surface area contributed by atoms with E-state index < -0.39 is 0 Å². The summed E-state index contributed by atoms with van der Waals surface area (Å²) in [6.45, 7) is 8.56. The summed E-state index contributed by atoms with van der Waals surface area (Å²) < 4.78 is 0. The first-order chi connectivity index (χ1) is 6.58. The second-order valence-corrected chi connectivity index (χ2v) is 4.22. The molecule has 0 bridgehead atoms. The lowest BCUT2D eigenvalue weighted by molar-refractivity contribution is 0.538. The van der Waals surface area contributed by atoms with Gasteiger partial charge in [0.2, 0.25) is 0 Å². The Bertz CT molecular complexity index is 284. The number of nitrogens with one attached hydrogen (secondary N) is 1. The summed E-state index contributed by atoms with van der Waals surface area (Å²) in [6, 6.07) is 0.450. The van der Waals surface area contributed by atoms with Gasteiger partial charge in [-0.25, -0.2) is 4.98 Å².